The molecule has 0 bridgehead atoms. The molecule has 2 N–H and O–H groups in total. The van der Waals surface area contributed by atoms with Crippen LogP contribution in [0.15, 0.2) is 24.3 Å². The van der Waals surface area contributed by atoms with Crippen LogP contribution in [0.25, 0.3) is 0 Å². The van der Waals surface area contributed by atoms with Gasteiger partial charge < -0.3 is 20.1 Å². The third-order valence-electron chi connectivity index (χ3n) is 5.28. The first kappa shape index (κ1) is 21.0. The number of urea groups is 1. The maximum absolute atomic E-state index is 13.3. The Kier molecular flexibility index (Phi) is 7.65. The summed E-state index contributed by atoms with van der Waals surface area (Å²) < 4.78 is 24.8. The van der Waals surface area contributed by atoms with E-state index in [1.54, 1.807) is 12.1 Å². The van der Waals surface area contributed by atoms with Gasteiger partial charge in [-0.3, -0.25) is 4.90 Å². The maximum atomic E-state index is 13.3. The van der Waals surface area contributed by atoms with Gasteiger partial charge in [-0.15, -0.1) is 0 Å². The van der Waals surface area contributed by atoms with Crippen LogP contribution in [-0.2, 0) is 9.47 Å². The molecule has 0 saturated carbocycles. The number of carbonyl (C=O) groups excluding carboxylic acids is 1. The monoisotopic (exact) mass is 393 g/mol. The molecule has 2 heterocycles. The van der Waals surface area contributed by atoms with E-state index in [0.717, 1.165) is 44.5 Å². The zero-order valence-electron chi connectivity index (χ0n) is 16.8. The fourth-order valence-electron chi connectivity index (χ4n) is 4.09. The number of carbonyl (C=O) groups is 1. The Labute approximate surface area is 166 Å². The highest BCUT2D eigenvalue weighted by Gasteiger charge is 2.29. The molecular formula is C21H32FN3O3. The highest BCUT2D eigenvalue weighted by atomic mass is 19.1. The summed E-state index contributed by atoms with van der Waals surface area (Å²) in [5.74, 6) is -0.286. The van der Waals surface area contributed by atoms with Crippen molar-refractivity contribution < 1.29 is 18.7 Å². The van der Waals surface area contributed by atoms with Crippen LogP contribution in [0.3, 0.4) is 0 Å². The Morgan fingerprint density at radius 2 is 1.96 bits per heavy atom. The van der Waals surface area contributed by atoms with E-state index in [4.69, 9.17) is 9.47 Å². The fourth-order valence-corrected chi connectivity index (χ4v) is 4.09. The second-order valence-electron chi connectivity index (χ2n) is 7.85. The Morgan fingerprint density at radius 3 is 2.61 bits per heavy atom. The summed E-state index contributed by atoms with van der Waals surface area (Å²) >= 11 is 0. The predicted octanol–water partition coefficient (Wildman–Crippen LogP) is 2.84. The third kappa shape index (κ3) is 6.15. The summed E-state index contributed by atoms with van der Waals surface area (Å²) in [6.07, 6.45) is 3.17. The molecule has 2 aliphatic heterocycles. The van der Waals surface area contributed by atoms with Crippen LogP contribution in [0.5, 0.6) is 0 Å². The Balaban J connectivity index is 1.45. The summed E-state index contributed by atoms with van der Waals surface area (Å²) in [6.45, 7) is 8.29. The zero-order valence-corrected chi connectivity index (χ0v) is 16.8. The van der Waals surface area contributed by atoms with Gasteiger partial charge in [0.2, 0.25) is 0 Å². The van der Waals surface area contributed by atoms with Crippen molar-refractivity contribution in [3.05, 3.63) is 35.6 Å². The fraction of sp³-hybridized carbons (Fsp3) is 0.667. The van der Waals surface area contributed by atoms with Crippen molar-refractivity contribution in [2.75, 3.05) is 32.8 Å². The van der Waals surface area contributed by atoms with Gasteiger partial charge in [-0.05, 0) is 50.8 Å². The first-order valence-electron chi connectivity index (χ1n) is 10.3. The van der Waals surface area contributed by atoms with Gasteiger partial charge in [-0.2, -0.15) is 0 Å². The van der Waals surface area contributed by atoms with Crippen molar-refractivity contribution in [3.63, 3.8) is 0 Å². The van der Waals surface area contributed by atoms with Gasteiger partial charge in [-0.1, -0.05) is 12.1 Å². The molecule has 1 aromatic rings. The number of morpholine rings is 1. The number of nitrogens with one attached hydrogen (secondary N) is 2. The summed E-state index contributed by atoms with van der Waals surface area (Å²) in [5.41, 5.74) is 0.861. The number of amides is 2. The molecule has 4 atom stereocenters. The average molecular weight is 394 g/mol. The van der Waals surface area contributed by atoms with E-state index >= 15 is 0 Å². The minimum absolute atomic E-state index is 0.0764. The molecule has 2 fully saturated rings. The Morgan fingerprint density at radius 1 is 1.25 bits per heavy atom. The molecule has 4 unspecified atom stereocenters. The molecule has 0 aromatic heterocycles. The smallest absolute Gasteiger partial charge is 0.315 e. The molecule has 6 nitrogen and oxygen atoms in total. The predicted molar refractivity (Wildman–Crippen MR) is 106 cm³/mol. The normalized spacial score (nSPS) is 26.8. The van der Waals surface area contributed by atoms with E-state index in [2.05, 4.69) is 29.4 Å². The number of rotatable bonds is 7. The highest BCUT2D eigenvalue weighted by Crippen LogP contribution is 2.27. The largest absolute Gasteiger partial charge is 0.376 e. The van der Waals surface area contributed by atoms with Crippen LogP contribution in [0.1, 0.15) is 44.7 Å². The quantitative estimate of drug-likeness (QED) is 0.700. The molecule has 3 rings (SSSR count). The van der Waals surface area contributed by atoms with Crippen LogP contribution in [0.4, 0.5) is 9.18 Å². The molecule has 7 heteroatoms. The summed E-state index contributed by atoms with van der Waals surface area (Å²) in [7, 11) is 0. The van der Waals surface area contributed by atoms with Crippen molar-refractivity contribution in [1.29, 1.82) is 0 Å². The van der Waals surface area contributed by atoms with Gasteiger partial charge >= 0.3 is 6.03 Å². The topological polar surface area (TPSA) is 62.8 Å². The third-order valence-corrected chi connectivity index (χ3v) is 5.28. The number of benzene rings is 1. The van der Waals surface area contributed by atoms with Crippen molar-refractivity contribution in [2.45, 2.75) is 57.5 Å². The molecule has 156 valence electrons. The minimum atomic E-state index is -0.286. The molecule has 0 aliphatic carbocycles. The van der Waals surface area contributed by atoms with Crippen molar-refractivity contribution >= 4 is 6.03 Å². The van der Waals surface area contributed by atoms with Crippen LogP contribution in [0, 0.1) is 5.82 Å². The second-order valence-corrected chi connectivity index (χ2v) is 7.85. The first-order valence-corrected chi connectivity index (χ1v) is 10.3. The van der Waals surface area contributed by atoms with E-state index < -0.39 is 0 Å². The molecule has 1 aromatic carbocycles. The maximum Gasteiger partial charge on any atom is 0.315 e. The molecule has 28 heavy (non-hydrogen) atoms. The standard InChI is InChI=1S/C21H32FN3O3/c1-15-13-25(14-16(2)28-15)11-4-10-23-21(26)24-20(19-5-3-12-27-19)17-6-8-18(22)9-7-17/h6-9,15-16,19-20H,3-5,10-14H2,1-2H3,(H2,23,24,26). The van der Waals surface area contributed by atoms with Crippen LogP contribution >= 0.6 is 0 Å². The average Bonchev–Trinajstić information content (AvgIpc) is 3.18. The van der Waals surface area contributed by atoms with Crippen LogP contribution in [0.2, 0.25) is 0 Å². The minimum Gasteiger partial charge on any atom is -0.376 e. The van der Waals surface area contributed by atoms with Gasteiger partial charge in [0.25, 0.3) is 0 Å². The van der Waals surface area contributed by atoms with Gasteiger partial charge in [0.1, 0.15) is 5.82 Å². The lowest BCUT2D eigenvalue weighted by Gasteiger charge is -2.35. The van der Waals surface area contributed by atoms with Crippen molar-refractivity contribution in [3.8, 4) is 0 Å². The number of ether oxygens (including phenoxy) is 2. The number of nitrogens with zero attached hydrogens (tertiary/aromatic N) is 1. The van der Waals surface area contributed by atoms with Crippen molar-refractivity contribution in [1.82, 2.24) is 15.5 Å². The van der Waals surface area contributed by atoms with Crippen LogP contribution in [-0.4, -0.2) is 62.0 Å². The highest BCUT2D eigenvalue weighted by molar-refractivity contribution is 5.74. The van der Waals surface area contributed by atoms with Crippen LogP contribution < -0.4 is 10.6 Å². The molecule has 2 aliphatic rings. The lowest BCUT2D eigenvalue weighted by molar-refractivity contribution is -0.0679. The summed E-state index contributed by atoms with van der Waals surface area (Å²) in [4.78, 5) is 14.8. The zero-order chi connectivity index (χ0) is 19.9. The van der Waals surface area contributed by atoms with E-state index in [9.17, 15) is 9.18 Å². The van der Waals surface area contributed by atoms with E-state index in [0.29, 0.717) is 13.2 Å². The summed E-state index contributed by atoms with van der Waals surface area (Å²) in [5, 5.41) is 5.96. The van der Waals surface area contributed by atoms with E-state index in [1.807, 2.05) is 0 Å². The van der Waals surface area contributed by atoms with E-state index in [-0.39, 0.29) is 36.2 Å². The lowest BCUT2D eigenvalue weighted by atomic mass is 9.99. The lowest BCUT2D eigenvalue weighted by Crippen LogP contribution is -2.46. The Hall–Kier alpha value is -1.70. The second kappa shape index (κ2) is 10.2. The SMILES string of the molecule is CC1CN(CCCNC(=O)NC(c2ccc(F)cc2)C2CCCO2)CC(C)O1. The van der Waals surface area contributed by atoms with Gasteiger partial charge in [0.05, 0.1) is 24.4 Å². The van der Waals surface area contributed by atoms with E-state index in [1.165, 1.54) is 12.1 Å². The summed E-state index contributed by atoms with van der Waals surface area (Å²) in [6, 6.07) is 5.77. The van der Waals surface area contributed by atoms with Gasteiger partial charge in [0, 0.05) is 32.8 Å². The van der Waals surface area contributed by atoms with Crippen molar-refractivity contribution in [2.24, 2.45) is 0 Å². The number of hydrogen-bond acceptors (Lipinski definition) is 4. The van der Waals surface area contributed by atoms with Gasteiger partial charge in [0.15, 0.2) is 0 Å². The van der Waals surface area contributed by atoms with Gasteiger partial charge in [-0.25, -0.2) is 9.18 Å². The number of halogens is 1. The molecule has 2 amide bonds. The molecule has 0 spiro atoms. The molecular weight excluding hydrogens is 361 g/mol. The first-order chi connectivity index (χ1) is 13.5. The Bertz CT molecular complexity index is 612. The molecule has 0 radical (unpaired) electrons. The number of hydrogen-bond donors (Lipinski definition) is 2. The molecule has 2 saturated heterocycles.